The number of benzene rings is 1. The quantitative estimate of drug-likeness (QED) is 0.538. The van der Waals surface area contributed by atoms with Crippen molar-refractivity contribution in [2.24, 2.45) is 12.9 Å². The molecule has 0 radical (unpaired) electrons. The fraction of sp³-hybridized carbons (Fsp3) is 0.0833. The SMILES string of the molecule is Cn1c(-c2cccs2)nc2cc(NN)ccc21. The summed E-state index contributed by atoms with van der Waals surface area (Å²) in [6.45, 7) is 0. The largest absolute Gasteiger partial charge is 0.326 e. The highest BCUT2D eigenvalue weighted by Gasteiger charge is 2.10. The molecule has 3 rings (SSSR count). The number of aromatic nitrogens is 2. The number of imidazole rings is 1. The first-order valence-electron chi connectivity index (χ1n) is 5.26. The van der Waals surface area contributed by atoms with Crippen LogP contribution in [0.4, 0.5) is 5.69 Å². The monoisotopic (exact) mass is 244 g/mol. The lowest BCUT2D eigenvalue weighted by Crippen LogP contribution is -2.06. The molecular weight excluding hydrogens is 232 g/mol. The zero-order valence-electron chi connectivity index (χ0n) is 9.34. The maximum Gasteiger partial charge on any atom is 0.150 e. The predicted molar refractivity (Wildman–Crippen MR) is 71.8 cm³/mol. The number of nitrogens with one attached hydrogen (secondary N) is 1. The molecule has 0 unspecified atom stereocenters. The van der Waals surface area contributed by atoms with E-state index in [-0.39, 0.29) is 0 Å². The van der Waals surface area contributed by atoms with Crippen molar-refractivity contribution in [3.63, 3.8) is 0 Å². The van der Waals surface area contributed by atoms with Crippen molar-refractivity contribution in [2.75, 3.05) is 5.43 Å². The van der Waals surface area contributed by atoms with Gasteiger partial charge in [0, 0.05) is 7.05 Å². The molecule has 2 heterocycles. The molecule has 0 saturated heterocycles. The molecule has 0 amide bonds. The average Bonchev–Trinajstić information content (AvgIpc) is 2.97. The Morgan fingerprint density at radius 3 is 2.94 bits per heavy atom. The fourth-order valence-corrected chi connectivity index (χ4v) is 2.66. The number of thiophene rings is 1. The van der Waals surface area contributed by atoms with Crippen molar-refractivity contribution in [1.29, 1.82) is 0 Å². The standard InChI is InChI=1S/C12H12N4S/c1-16-10-5-4-8(15-13)7-9(10)14-12(16)11-3-2-6-17-11/h2-7,15H,13H2,1H3. The van der Waals surface area contributed by atoms with Crippen LogP contribution in [0.1, 0.15) is 0 Å². The van der Waals surface area contributed by atoms with E-state index in [0.29, 0.717) is 0 Å². The number of nitrogens with zero attached hydrogens (tertiary/aromatic N) is 2. The van der Waals surface area contributed by atoms with Crippen LogP contribution in [0.15, 0.2) is 35.7 Å². The van der Waals surface area contributed by atoms with E-state index >= 15 is 0 Å². The van der Waals surface area contributed by atoms with E-state index in [1.807, 2.05) is 31.3 Å². The van der Waals surface area contributed by atoms with Crippen molar-refractivity contribution in [3.8, 4) is 10.7 Å². The Balaban J connectivity index is 2.24. The molecule has 0 aliphatic heterocycles. The summed E-state index contributed by atoms with van der Waals surface area (Å²) in [5, 5.41) is 2.06. The number of aryl methyl sites for hydroxylation is 1. The van der Waals surface area contributed by atoms with Crippen molar-refractivity contribution >= 4 is 28.1 Å². The first-order valence-corrected chi connectivity index (χ1v) is 6.14. The molecule has 0 fully saturated rings. The second-order valence-corrected chi connectivity index (χ2v) is 4.77. The maximum absolute atomic E-state index is 5.40. The Hall–Kier alpha value is -1.85. The lowest BCUT2D eigenvalue weighted by molar-refractivity contribution is 0.963. The predicted octanol–water partition coefficient (Wildman–Crippen LogP) is 2.59. The normalized spacial score (nSPS) is 10.9. The summed E-state index contributed by atoms with van der Waals surface area (Å²) in [7, 11) is 2.03. The van der Waals surface area contributed by atoms with Crippen LogP contribution in [0, 0.1) is 0 Å². The minimum Gasteiger partial charge on any atom is -0.326 e. The van der Waals surface area contributed by atoms with Gasteiger partial charge in [-0.1, -0.05) is 6.07 Å². The van der Waals surface area contributed by atoms with Gasteiger partial charge in [-0.3, -0.25) is 5.84 Å². The molecule has 0 atom stereocenters. The van der Waals surface area contributed by atoms with Gasteiger partial charge in [0.2, 0.25) is 0 Å². The first kappa shape index (κ1) is 10.3. The summed E-state index contributed by atoms with van der Waals surface area (Å²) in [5.41, 5.74) is 5.56. The Morgan fingerprint density at radius 2 is 2.24 bits per heavy atom. The van der Waals surface area contributed by atoms with E-state index in [2.05, 4.69) is 26.4 Å². The number of anilines is 1. The molecule has 2 aromatic heterocycles. The van der Waals surface area contributed by atoms with Crippen LogP contribution in [-0.4, -0.2) is 9.55 Å². The molecule has 0 aliphatic rings. The van der Waals surface area contributed by atoms with Gasteiger partial charge < -0.3 is 9.99 Å². The van der Waals surface area contributed by atoms with E-state index in [9.17, 15) is 0 Å². The third-order valence-corrected chi connectivity index (χ3v) is 3.65. The van der Waals surface area contributed by atoms with Gasteiger partial charge in [-0.05, 0) is 29.6 Å². The summed E-state index contributed by atoms with van der Waals surface area (Å²) < 4.78 is 2.10. The van der Waals surface area contributed by atoms with Gasteiger partial charge in [0.25, 0.3) is 0 Å². The third-order valence-electron chi connectivity index (χ3n) is 2.79. The maximum atomic E-state index is 5.40. The van der Waals surface area contributed by atoms with Gasteiger partial charge in [-0.15, -0.1) is 11.3 Å². The number of fused-ring (bicyclic) bond motifs is 1. The summed E-state index contributed by atoms with van der Waals surface area (Å²) in [5.74, 6) is 6.39. The summed E-state index contributed by atoms with van der Waals surface area (Å²) in [6.07, 6.45) is 0. The number of nitrogen functional groups attached to an aromatic ring is 1. The first-order chi connectivity index (χ1) is 8.29. The molecule has 4 nitrogen and oxygen atoms in total. The second-order valence-electron chi connectivity index (χ2n) is 3.82. The molecule has 0 spiro atoms. The zero-order valence-corrected chi connectivity index (χ0v) is 10.2. The van der Waals surface area contributed by atoms with Gasteiger partial charge in [0.1, 0.15) is 0 Å². The number of hydrazine groups is 1. The Bertz CT molecular complexity index is 655. The second kappa shape index (κ2) is 3.87. The Morgan fingerprint density at radius 1 is 1.35 bits per heavy atom. The van der Waals surface area contributed by atoms with E-state index < -0.39 is 0 Å². The number of nitrogens with two attached hydrogens (primary N) is 1. The van der Waals surface area contributed by atoms with E-state index in [4.69, 9.17) is 5.84 Å². The average molecular weight is 244 g/mol. The molecule has 5 heteroatoms. The number of rotatable bonds is 2. The highest BCUT2D eigenvalue weighted by molar-refractivity contribution is 7.13. The van der Waals surface area contributed by atoms with Crippen LogP contribution in [0.2, 0.25) is 0 Å². The Kier molecular flexibility index (Phi) is 2.35. The molecule has 17 heavy (non-hydrogen) atoms. The van der Waals surface area contributed by atoms with Crippen LogP contribution >= 0.6 is 11.3 Å². The van der Waals surface area contributed by atoms with E-state index in [1.54, 1.807) is 11.3 Å². The Labute approximate surface area is 103 Å². The molecule has 1 aromatic carbocycles. The zero-order chi connectivity index (χ0) is 11.8. The van der Waals surface area contributed by atoms with Crippen LogP contribution < -0.4 is 11.3 Å². The molecule has 0 aliphatic carbocycles. The van der Waals surface area contributed by atoms with Gasteiger partial charge >= 0.3 is 0 Å². The summed E-state index contributed by atoms with van der Waals surface area (Å²) >= 11 is 1.69. The van der Waals surface area contributed by atoms with E-state index in [1.165, 1.54) is 4.88 Å². The molecule has 3 aromatic rings. The lowest BCUT2D eigenvalue weighted by Gasteiger charge is -2.00. The minimum atomic E-state index is 0.869. The molecule has 86 valence electrons. The van der Waals surface area contributed by atoms with Gasteiger partial charge in [-0.25, -0.2) is 4.98 Å². The van der Waals surface area contributed by atoms with Gasteiger partial charge in [0.15, 0.2) is 5.82 Å². The highest BCUT2D eigenvalue weighted by Crippen LogP contribution is 2.28. The molecular formula is C12H12N4S. The van der Waals surface area contributed by atoms with Crippen LogP contribution in [0.3, 0.4) is 0 Å². The van der Waals surface area contributed by atoms with Crippen molar-refractivity contribution in [1.82, 2.24) is 9.55 Å². The lowest BCUT2D eigenvalue weighted by atomic mass is 10.3. The van der Waals surface area contributed by atoms with Crippen molar-refractivity contribution in [2.45, 2.75) is 0 Å². The molecule has 0 saturated carbocycles. The summed E-state index contributed by atoms with van der Waals surface area (Å²) in [6, 6.07) is 10.0. The topological polar surface area (TPSA) is 55.9 Å². The number of hydrogen-bond acceptors (Lipinski definition) is 4. The fourth-order valence-electron chi connectivity index (χ4n) is 1.92. The van der Waals surface area contributed by atoms with Crippen LogP contribution in [-0.2, 0) is 7.05 Å². The number of hydrogen-bond donors (Lipinski definition) is 2. The van der Waals surface area contributed by atoms with Crippen LogP contribution in [0.25, 0.3) is 21.7 Å². The molecule has 0 bridgehead atoms. The highest BCUT2D eigenvalue weighted by atomic mass is 32.1. The van der Waals surface area contributed by atoms with Gasteiger partial charge in [-0.2, -0.15) is 0 Å². The van der Waals surface area contributed by atoms with Gasteiger partial charge in [0.05, 0.1) is 21.6 Å². The van der Waals surface area contributed by atoms with Crippen LogP contribution in [0.5, 0.6) is 0 Å². The van der Waals surface area contributed by atoms with Crippen molar-refractivity contribution < 1.29 is 0 Å². The van der Waals surface area contributed by atoms with Crippen molar-refractivity contribution in [3.05, 3.63) is 35.7 Å². The minimum absolute atomic E-state index is 0.869. The smallest absolute Gasteiger partial charge is 0.150 e. The third kappa shape index (κ3) is 1.60. The molecule has 3 N–H and O–H groups in total. The summed E-state index contributed by atoms with van der Waals surface area (Å²) in [4.78, 5) is 5.81. The van der Waals surface area contributed by atoms with E-state index in [0.717, 1.165) is 22.5 Å².